The maximum absolute atomic E-state index is 13.1. The van der Waals surface area contributed by atoms with Crippen molar-refractivity contribution in [3.8, 4) is 0 Å². The summed E-state index contributed by atoms with van der Waals surface area (Å²) in [4.78, 5) is 15.4. The van der Waals surface area contributed by atoms with Crippen LogP contribution < -0.4 is 5.32 Å². The third-order valence-corrected chi connectivity index (χ3v) is 6.47. The first-order valence-corrected chi connectivity index (χ1v) is 8.87. The highest BCUT2D eigenvalue weighted by Gasteiger charge is 2.57. The van der Waals surface area contributed by atoms with Crippen LogP contribution in [0, 0.1) is 5.92 Å². The summed E-state index contributed by atoms with van der Waals surface area (Å²) in [7, 11) is 1.79. The fourth-order valence-corrected chi connectivity index (χ4v) is 5.09. The zero-order valence-electron chi connectivity index (χ0n) is 13.1. The minimum absolute atomic E-state index is 0.203. The van der Waals surface area contributed by atoms with E-state index in [1.165, 1.54) is 38.5 Å². The van der Waals surface area contributed by atoms with Gasteiger partial charge in [0.2, 0.25) is 5.91 Å². The molecule has 1 amide bonds. The molecule has 21 heavy (non-hydrogen) atoms. The van der Waals surface area contributed by atoms with Crippen molar-refractivity contribution < 1.29 is 9.53 Å². The zero-order chi connectivity index (χ0) is 14.4. The van der Waals surface area contributed by atoms with Crippen LogP contribution in [0.4, 0.5) is 0 Å². The lowest BCUT2D eigenvalue weighted by atomic mass is 9.86. The Labute approximate surface area is 127 Å². The van der Waals surface area contributed by atoms with E-state index in [1.54, 1.807) is 7.11 Å². The molecular weight excluding hydrogens is 264 g/mol. The summed E-state index contributed by atoms with van der Waals surface area (Å²) in [6, 6.07) is 0.417. The van der Waals surface area contributed by atoms with Crippen LogP contribution in [0.5, 0.6) is 0 Å². The van der Waals surface area contributed by atoms with Gasteiger partial charge >= 0.3 is 0 Å². The number of hydrogen-bond donors (Lipinski definition) is 1. The molecule has 1 N–H and O–H groups in total. The number of hydrogen-bond acceptors (Lipinski definition) is 3. The number of ether oxygens (including phenoxy) is 1. The van der Waals surface area contributed by atoms with Crippen LogP contribution in [0.15, 0.2) is 0 Å². The second kappa shape index (κ2) is 5.24. The molecule has 4 fully saturated rings. The van der Waals surface area contributed by atoms with Gasteiger partial charge in [-0.2, -0.15) is 0 Å². The molecule has 118 valence electrons. The Balaban J connectivity index is 1.56. The fourth-order valence-electron chi connectivity index (χ4n) is 5.09. The number of carbonyl (C=O) groups is 1. The van der Waals surface area contributed by atoms with Crippen LogP contribution in [-0.2, 0) is 9.53 Å². The molecule has 0 aromatic heterocycles. The van der Waals surface area contributed by atoms with E-state index in [2.05, 4.69) is 10.2 Å². The summed E-state index contributed by atoms with van der Waals surface area (Å²) in [5.74, 6) is 1.09. The predicted octanol–water partition coefficient (Wildman–Crippen LogP) is 2.42. The van der Waals surface area contributed by atoms with Crippen LogP contribution in [0.1, 0.15) is 64.2 Å². The predicted molar refractivity (Wildman–Crippen MR) is 80.7 cm³/mol. The van der Waals surface area contributed by atoms with Crippen LogP contribution in [0.3, 0.4) is 0 Å². The van der Waals surface area contributed by atoms with E-state index in [0.29, 0.717) is 30.1 Å². The van der Waals surface area contributed by atoms with E-state index < -0.39 is 0 Å². The summed E-state index contributed by atoms with van der Waals surface area (Å²) in [6.45, 7) is 0. The van der Waals surface area contributed by atoms with Gasteiger partial charge in [-0.25, -0.2) is 0 Å². The monoisotopic (exact) mass is 292 g/mol. The van der Waals surface area contributed by atoms with Crippen molar-refractivity contribution in [3.63, 3.8) is 0 Å². The number of amides is 1. The topological polar surface area (TPSA) is 41.6 Å². The molecule has 4 rings (SSSR count). The Hall–Kier alpha value is -0.610. The highest BCUT2D eigenvalue weighted by molar-refractivity contribution is 5.89. The smallest absolute Gasteiger partial charge is 0.244 e. The molecule has 3 saturated carbocycles. The van der Waals surface area contributed by atoms with Crippen molar-refractivity contribution in [2.75, 3.05) is 7.11 Å². The first-order valence-electron chi connectivity index (χ1n) is 8.87. The average Bonchev–Trinajstić information content (AvgIpc) is 3.14. The van der Waals surface area contributed by atoms with E-state index in [-0.39, 0.29) is 5.54 Å². The molecule has 1 aliphatic heterocycles. The van der Waals surface area contributed by atoms with Gasteiger partial charge in [0.05, 0.1) is 17.8 Å². The number of rotatable bonds is 3. The minimum Gasteiger partial charge on any atom is -0.381 e. The first kappa shape index (κ1) is 14.0. The van der Waals surface area contributed by atoms with Gasteiger partial charge in [0, 0.05) is 13.2 Å². The summed E-state index contributed by atoms with van der Waals surface area (Å²) in [6.07, 6.45) is 12.5. The molecule has 0 aromatic carbocycles. The Morgan fingerprint density at radius 2 is 1.81 bits per heavy atom. The lowest BCUT2D eigenvalue weighted by molar-refractivity contribution is -0.141. The zero-order valence-corrected chi connectivity index (χ0v) is 13.1. The molecule has 1 unspecified atom stereocenters. The van der Waals surface area contributed by atoms with Crippen molar-refractivity contribution in [1.29, 1.82) is 0 Å². The van der Waals surface area contributed by atoms with Crippen LogP contribution in [-0.4, -0.2) is 41.8 Å². The maximum atomic E-state index is 13.1. The van der Waals surface area contributed by atoms with Gasteiger partial charge in [-0.05, 0) is 44.4 Å². The Morgan fingerprint density at radius 1 is 1.14 bits per heavy atom. The molecule has 0 aromatic rings. The van der Waals surface area contributed by atoms with E-state index in [9.17, 15) is 4.79 Å². The lowest BCUT2D eigenvalue weighted by Crippen LogP contribution is -2.54. The van der Waals surface area contributed by atoms with Crippen molar-refractivity contribution in [3.05, 3.63) is 0 Å². The van der Waals surface area contributed by atoms with E-state index in [1.807, 2.05) is 0 Å². The second-order valence-electron chi connectivity index (χ2n) is 7.62. The van der Waals surface area contributed by atoms with Gasteiger partial charge in [-0.15, -0.1) is 0 Å². The second-order valence-corrected chi connectivity index (χ2v) is 7.62. The fraction of sp³-hybridized carbons (Fsp3) is 0.941. The quantitative estimate of drug-likeness (QED) is 0.868. The van der Waals surface area contributed by atoms with Gasteiger partial charge < -0.3 is 9.64 Å². The van der Waals surface area contributed by atoms with Crippen LogP contribution in [0.25, 0.3) is 0 Å². The molecule has 4 heteroatoms. The van der Waals surface area contributed by atoms with Crippen molar-refractivity contribution in [1.82, 2.24) is 10.2 Å². The normalized spacial score (nSPS) is 39.4. The largest absolute Gasteiger partial charge is 0.381 e. The number of methoxy groups -OCH3 is 1. The third-order valence-electron chi connectivity index (χ3n) is 6.47. The highest BCUT2D eigenvalue weighted by Crippen LogP contribution is 2.44. The Kier molecular flexibility index (Phi) is 3.49. The third kappa shape index (κ3) is 2.14. The van der Waals surface area contributed by atoms with Crippen LogP contribution in [0.2, 0.25) is 0 Å². The van der Waals surface area contributed by atoms with Gasteiger partial charge in [0.25, 0.3) is 0 Å². The summed E-state index contributed by atoms with van der Waals surface area (Å²) in [5.41, 5.74) is -0.203. The SMILES string of the molecule is COC1CC(N2C(=O)C3(CCCC3)NC2C2CCCC2)C1. The lowest BCUT2D eigenvalue weighted by Gasteiger charge is -2.44. The van der Waals surface area contributed by atoms with Crippen molar-refractivity contribution in [2.45, 2.75) is 88.1 Å². The number of nitrogens with one attached hydrogen (secondary N) is 1. The number of carbonyl (C=O) groups excluding carboxylic acids is 1. The molecule has 1 atom stereocenters. The molecule has 0 radical (unpaired) electrons. The summed E-state index contributed by atoms with van der Waals surface area (Å²) < 4.78 is 5.43. The van der Waals surface area contributed by atoms with Gasteiger partial charge in [-0.3, -0.25) is 10.1 Å². The molecule has 1 spiro atoms. The van der Waals surface area contributed by atoms with Gasteiger partial charge in [-0.1, -0.05) is 25.7 Å². The first-order chi connectivity index (χ1) is 10.2. The van der Waals surface area contributed by atoms with Crippen molar-refractivity contribution >= 4 is 5.91 Å². The molecule has 3 aliphatic carbocycles. The van der Waals surface area contributed by atoms with Crippen molar-refractivity contribution in [2.24, 2.45) is 5.92 Å². The maximum Gasteiger partial charge on any atom is 0.244 e. The minimum atomic E-state index is -0.203. The number of nitrogens with zero attached hydrogens (tertiary/aromatic N) is 1. The van der Waals surface area contributed by atoms with Gasteiger partial charge in [0.1, 0.15) is 0 Å². The Morgan fingerprint density at radius 3 is 2.43 bits per heavy atom. The van der Waals surface area contributed by atoms with Gasteiger partial charge in [0.15, 0.2) is 0 Å². The van der Waals surface area contributed by atoms with E-state index in [0.717, 1.165) is 25.7 Å². The van der Waals surface area contributed by atoms with E-state index in [4.69, 9.17) is 4.74 Å². The molecule has 4 nitrogen and oxygen atoms in total. The molecule has 0 bridgehead atoms. The summed E-state index contributed by atoms with van der Waals surface area (Å²) >= 11 is 0. The molecule has 1 heterocycles. The molecule has 4 aliphatic rings. The summed E-state index contributed by atoms with van der Waals surface area (Å²) in [5, 5.41) is 3.83. The van der Waals surface area contributed by atoms with Crippen LogP contribution >= 0.6 is 0 Å². The standard InChI is InChI=1S/C17H28N2O2/c1-21-14-10-13(11-14)19-15(12-6-2-3-7-12)18-17(16(19)20)8-4-5-9-17/h12-15,18H,2-11H2,1H3. The average molecular weight is 292 g/mol. The molecule has 1 saturated heterocycles. The highest BCUT2D eigenvalue weighted by atomic mass is 16.5. The molecular formula is C17H28N2O2. The van der Waals surface area contributed by atoms with E-state index >= 15 is 0 Å². The Bertz CT molecular complexity index is 407.